The van der Waals surface area contributed by atoms with Crippen LogP contribution in [-0.4, -0.2) is 24.2 Å². The molecule has 0 saturated carbocycles. The maximum atomic E-state index is 5.75. The molecule has 1 aromatic heterocycles. The number of aromatic nitrogens is 2. The smallest absolute Gasteiger partial charge is 0.239 e. The number of methoxy groups -OCH3 is 2. The molecule has 0 atom stereocenters. The highest BCUT2D eigenvalue weighted by Gasteiger charge is 2.16. The lowest BCUT2D eigenvalue weighted by molar-refractivity contribution is 0.341. The zero-order valence-corrected chi connectivity index (χ0v) is 12.5. The third-order valence-corrected chi connectivity index (χ3v) is 3.19. The molecule has 0 saturated heterocycles. The largest absolute Gasteiger partial charge is 0.493 e. The molecule has 106 valence electrons. The summed E-state index contributed by atoms with van der Waals surface area (Å²) in [5.41, 5.74) is 2.44. The number of hydrazine groups is 1. The lowest BCUT2D eigenvalue weighted by Crippen LogP contribution is -2.10. The molecule has 0 spiro atoms. The molecule has 8 heteroatoms. The first-order valence-electron chi connectivity index (χ1n) is 5.57. The van der Waals surface area contributed by atoms with Gasteiger partial charge in [-0.2, -0.15) is 0 Å². The minimum atomic E-state index is 0.288. The van der Waals surface area contributed by atoms with Gasteiger partial charge in [0, 0.05) is 0 Å². The molecular formula is C12H13BrN4O3. The maximum absolute atomic E-state index is 5.75. The van der Waals surface area contributed by atoms with Gasteiger partial charge in [0.05, 0.1) is 14.2 Å². The van der Waals surface area contributed by atoms with Gasteiger partial charge in [0.25, 0.3) is 0 Å². The van der Waals surface area contributed by atoms with E-state index >= 15 is 0 Å². The number of nitrogens with one attached hydrogen (secondary N) is 1. The second kappa shape index (κ2) is 6.40. The number of para-hydroxylation sites is 1. The highest BCUT2D eigenvalue weighted by atomic mass is 79.9. The maximum Gasteiger partial charge on any atom is 0.239 e. The first kappa shape index (κ1) is 14.4. The summed E-state index contributed by atoms with van der Waals surface area (Å²) in [6.07, 6.45) is 1.33. The topological polar surface area (TPSA) is 91.5 Å². The van der Waals surface area contributed by atoms with Crippen LogP contribution >= 0.6 is 15.9 Å². The van der Waals surface area contributed by atoms with Crippen LogP contribution in [0.1, 0.15) is 0 Å². The van der Waals surface area contributed by atoms with Gasteiger partial charge in [-0.25, -0.2) is 15.8 Å². The molecule has 0 radical (unpaired) electrons. The van der Waals surface area contributed by atoms with E-state index in [2.05, 4.69) is 31.3 Å². The number of benzene rings is 1. The van der Waals surface area contributed by atoms with E-state index in [9.17, 15) is 0 Å². The molecule has 0 amide bonds. The number of nitrogens with zero attached hydrogens (tertiary/aromatic N) is 2. The zero-order chi connectivity index (χ0) is 14.5. The summed E-state index contributed by atoms with van der Waals surface area (Å²) in [6, 6.07) is 5.32. The van der Waals surface area contributed by atoms with Crippen molar-refractivity contribution in [3.63, 3.8) is 0 Å². The number of hydrogen-bond acceptors (Lipinski definition) is 7. The Morgan fingerprint density at radius 1 is 1.15 bits per heavy atom. The predicted octanol–water partition coefficient (Wildman–Crippen LogP) is 2.33. The number of hydrogen-bond donors (Lipinski definition) is 2. The average Bonchev–Trinajstić information content (AvgIpc) is 2.49. The molecular weight excluding hydrogens is 328 g/mol. The fourth-order valence-electron chi connectivity index (χ4n) is 1.54. The molecule has 1 aromatic carbocycles. The Kier molecular flexibility index (Phi) is 4.59. The van der Waals surface area contributed by atoms with Crippen molar-refractivity contribution in [1.29, 1.82) is 0 Å². The van der Waals surface area contributed by atoms with Crippen LogP contribution in [0.5, 0.6) is 23.1 Å². The van der Waals surface area contributed by atoms with Gasteiger partial charge in [-0.1, -0.05) is 6.07 Å². The first-order valence-corrected chi connectivity index (χ1v) is 6.36. The van der Waals surface area contributed by atoms with Gasteiger partial charge in [-0.05, 0) is 28.1 Å². The van der Waals surface area contributed by atoms with Gasteiger partial charge in [-0.3, -0.25) is 0 Å². The highest BCUT2D eigenvalue weighted by molar-refractivity contribution is 9.10. The van der Waals surface area contributed by atoms with E-state index in [1.807, 2.05) is 0 Å². The van der Waals surface area contributed by atoms with E-state index in [1.54, 1.807) is 32.4 Å². The van der Waals surface area contributed by atoms with Gasteiger partial charge in [0.1, 0.15) is 10.8 Å². The number of anilines is 1. The Balaban J connectivity index is 2.44. The van der Waals surface area contributed by atoms with Crippen molar-refractivity contribution < 1.29 is 14.2 Å². The molecule has 2 rings (SSSR count). The lowest BCUT2D eigenvalue weighted by Gasteiger charge is -2.14. The van der Waals surface area contributed by atoms with Crippen molar-refractivity contribution in [3.8, 4) is 23.1 Å². The normalized spacial score (nSPS) is 10.0. The number of rotatable bonds is 5. The number of nitrogen functional groups attached to an aromatic ring is 1. The summed E-state index contributed by atoms with van der Waals surface area (Å²) in [6.45, 7) is 0. The molecule has 20 heavy (non-hydrogen) atoms. The third kappa shape index (κ3) is 2.75. The summed E-state index contributed by atoms with van der Waals surface area (Å²) in [7, 11) is 3.09. The standard InChI is InChI=1S/C12H13BrN4O3/c1-18-7-4-3-5-8(19-2)10(7)20-12-9(13)11(17-14)15-6-16-12/h3-6H,14H2,1-2H3,(H,15,16,17). The first-order chi connectivity index (χ1) is 9.71. The summed E-state index contributed by atoms with van der Waals surface area (Å²) in [5, 5.41) is 0. The number of halogens is 1. The Labute approximate surface area is 124 Å². The van der Waals surface area contributed by atoms with Crippen molar-refractivity contribution in [2.45, 2.75) is 0 Å². The van der Waals surface area contributed by atoms with Crippen LogP contribution in [0.25, 0.3) is 0 Å². The molecule has 2 aromatic rings. The minimum absolute atomic E-state index is 0.288. The number of ether oxygens (including phenoxy) is 3. The van der Waals surface area contributed by atoms with Gasteiger partial charge < -0.3 is 19.6 Å². The zero-order valence-electron chi connectivity index (χ0n) is 10.9. The number of nitrogens with two attached hydrogens (primary N) is 1. The van der Waals surface area contributed by atoms with E-state index in [0.29, 0.717) is 27.5 Å². The monoisotopic (exact) mass is 340 g/mol. The second-order valence-corrected chi connectivity index (χ2v) is 4.37. The Hall–Kier alpha value is -2.06. The molecule has 3 N–H and O–H groups in total. The van der Waals surface area contributed by atoms with Gasteiger partial charge in [-0.15, -0.1) is 0 Å². The molecule has 0 bridgehead atoms. The lowest BCUT2D eigenvalue weighted by atomic mass is 10.3. The van der Waals surface area contributed by atoms with Crippen LogP contribution in [0.4, 0.5) is 5.82 Å². The van der Waals surface area contributed by atoms with E-state index < -0.39 is 0 Å². The quantitative estimate of drug-likeness (QED) is 0.637. The van der Waals surface area contributed by atoms with E-state index in [4.69, 9.17) is 20.1 Å². The SMILES string of the molecule is COc1cccc(OC)c1Oc1ncnc(NN)c1Br. The minimum Gasteiger partial charge on any atom is -0.493 e. The van der Waals surface area contributed by atoms with Crippen LogP contribution < -0.4 is 25.5 Å². The van der Waals surface area contributed by atoms with Crippen molar-refractivity contribution in [2.24, 2.45) is 5.84 Å². The third-order valence-electron chi connectivity index (χ3n) is 2.48. The van der Waals surface area contributed by atoms with Crippen LogP contribution in [0.3, 0.4) is 0 Å². The average molecular weight is 341 g/mol. The molecule has 0 unspecified atom stereocenters. The van der Waals surface area contributed by atoms with Gasteiger partial charge >= 0.3 is 0 Å². The van der Waals surface area contributed by atoms with Gasteiger partial charge in [0.15, 0.2) is 17.3 Å². The van der Waals surface area contributed by atoms with Crippen molar-refractivity contribution in [3.05, 3.63) is 29.0 Å². The van der Waals surface area contributed by atoms with Gasteiger partial charge in [0.2, 0.25) is 11.6 Å². The molecule has 7 nitrogen and oxygen atoms in total. The molecule has 0 aliphatic rings. The van der Waals surface area contributed by atoms with Crippen LogP contribution in [0.15, 0.2) is 29.0 Å². The van der Waals surface area contributed by atoms with Crippen LogP contribution in [0, 0.1) is 0 Å². The van der Waals surface area contributed by atoms with Crippen LogP contribution in [0.2, 0.25) is 0 Å². The van der Waals surface area contributed by atoms with E-state index in [1.165, 1.54) is 6.33 Å². The van der Waals surface area contributed by atoms with E-state index in [-0.39, 0.29) is 5.88 Å². The molecule has 0 fully saturated rings. The fourth-order valence-corrected chi connectivity index (χ4v) is 1.94. The summed E-state index contributed by atoms with van der Waals surface area (Å²) in [5.74, 6) is 7.51. The summed E-state index contributed by atoms with van der Waals surface area (Å²) in [4.78, 5) is 7.99. The summed E-state index contributed by atoms with van der Waals surface area (Å²) < 4.78 is 16.8. The fraction of sp³-hybridized carbons (Fsp3) is 0.167. The second-order valence-electron chi connectivity index (χ2n) is 3.58. The summed E-state index contributed by atoms with van der Waals surface area (Å²) >= 11 is 3.32. The predicted molar refractivity (Wildman–Crippen MR) is 77.2 cm³/mol. The Morgan fingerprint density at radius 2 is 1.80 bits per heavy atom. The highest BCUT2D eigenvalue weighted by Crippen LogP contribution is 2.41. The molecule has 0 aliphatic carbocycles. The van der Waals surface area contributed by atoms with Crippen LogP contribution in [-0.2, 0) is 0 Å². The van der Waals surface area contributed by atoms with Crippen molar-refractivity contribution in [1.82, 2.24) is 9.97 Å². The Bertz CT molecular complexity index is 587. The molecule has 0 aliphatic heterocycles. The Morgan fingerprint density at radius 3 is 2.35 bits per heavy atom. The van der Waals surface area contributed by atoms with Crippen molar-refractivity contribution >= 4 is 21.7 Å². The molecule has 1 heterocycles. The van der Waals surface area contributed by atoms with Crippen molar-refractivity contribution in [2.75, 3.05) is 19.6 Å². The van der Waals surface area contributed by atoms with E-state index in [0.717, 1.165) is 0 Å².